The minimum Gasteiger partial charge on any atom is -0.490 e. The van der Waals surface area contributed by atoms with E-state index in [2.05, 4.69) is 21.3 Å². The molecule has 2 aliphatic heterocycles. The lowest BCUT2D eigenvalue weighted by atomic mass is 10.2. The van der Waals surface area contributed by atoms with Crippen LogP contribution in [0.15, 0.2) is 35.0 Å². The van der Waals surface area contributed by atoms with E-state index in [4.69, 9.17) is 4.74 Å². The number of benzene rings is 1. The Morgan fingerprint density at radius 3 is 3.04 bits per heavy atom. The van der Waals surface area contributed by atoms with Gasteiger partial charge in [-0.25, -0.2) is 4.79 Å². The molecule has 0 unspecified atom stereocenters. The second-order valence-corrected chi connectivity index (χ2v) is 5.46. The molecule has 0 bridgehead atoms. The van der Waals surface area contributed by atoms with Gasteiger partial charge in [-0.15, -0.1) is 0 Å². The molecular formula is C17H22N4O2. The molecule has 23 heavy (non-hydrogen) atoms. The number of anilines is 2. The van der Waals surface area contributed by atoms with E-state index in [0.717, 1.165) is 42.3 Å². The van der Waals surface area contributed by atoms with Crippen LogP contribution in [-0.4, -0.2) is 45.5 Å². The molecule has 2 aliphatic rings. The van der Waals surface area contributed by atoms with Crippen LogP contribution in [0.4, 0.5) is 16.2 Å². The van der Waals surface area contributed by atoms with Crippen molar-refractivity contribution in [1.29, 1.82) is 0 Å². The van der Waals surface area contributed by atoms with Crippen molar-refractivity contribution in [3.8, 4) is 5.75 Å². The highest BCUT2D eigenvalue weighted by Gasteiger charge is 2.22. The van der Waals surface area contributed by atoms with Crippen molar-refractivity contribution in [1.82, 2.24) is 5.32 Å². The summed E-state index contributed by atoms with van der Waals surface area (Å²) < 4.78 is 5.75. The number of aliphatic imine (C=N–C) groups is 1. The fourth-order valence-electron chi connectivity index (χ4n) is 2.88. The van der Waals surface area contributed by atoms with E-state index in [1.54, 1.807) is 11.9 Å². The van der Waals surface area contributed by atoms with Gasteiger partial charge in [0.1, 0.15) is 12.4 Å². The van der Waals surface area contributed by atoms with Gasteiger partial charge < -0.3 is 15.0 Å². The van der Waals surface area contributed by atoms with Gasteiger partial charge in [0.25, 0.3) is 0 Å². The Labute approximate surface area is 136 Å². The number of fused-ring (bicyclic) bond motifs is 1. The quantitative estimate of drug-likeness (QED) is 0.928. The maximum Gasteiger partial charge on any atom is 0.321 e. The molecule has 0 radical (unpaired) electrons. The molecule has 6 heteroatoms. The Balaban J connectivity index is 1.89. The van der Waals surface area contributed by atoms with Crippen molar-refractivity contribution in [2.45, 2.75) is 13.3 Å². The lowest BCUT2D eigenvalue weighted by molar-refractivity contribution is 0.248. The summed E-state index contributed by atoms with van der Waals surface area (Å²) in [5.41, 5.74) is 2.96. The first-order valence-electron chi connectivity index (χ1n) is 7.95. The summed E-state index contributed by atoms with van der Waals surface area (Å²) in [5.74, 6) is 0.857. The topological polar surface area (TPSA) is 57.2 Å². The third-order valence-electron chi connectivity index (χ3n) is 4.06. The lowest BCUT2D eigenvalue weighted by Gasteiger charge is -2.32. The van der Waals surface area contributed by atoms with Crippen LogP contribution in [-0.2, 0) is 0 Å². The SMILES string of the molecule is CCN(C(=O)NC)c1ccc2c(c1)N(CC1=CCC=N1)CCO2. The number of carbonyl (C=O) groups excluding carboxylic acids is 1. The predicted octanol–water partition coefficient (Wildman–Crippen LogP) is 2.41. The first-order valence-corrected chi connectivity index (χ1v) is 7.95. The van der Waals surface area contributed by atoms with E-state index in [1.807, 2.05) is 31.3 Å². The molecule has 0 fully saturated rings. The Bertz CT molecular complexity index is 654. The van der Waals surface area contributed by atoms with Crippen molar-refractivity contribution in [3.63, 3.8) is 0 Å². The van der Waals surface area contributed by atoms with Gasteiger partial charge in [-0.05, 0) is 25.1 Å². The Morgan fingerprint density at radius 1 is 1.48 bits per heavy atom. The number of carbonyl (C=O) groups is 1. The number of hydrogen-bond donors (Lipinski definition) is 1. The molecule has 1 aromatic carbocycles. The average Bonchev–Trinajstić information content (AvgIpc) is 3.09. The maximum atomic E-state index is 12.0. The van der Waals surface area contributed by atoms with E-state index in [1.165, 1.54) is 0 Å². The van der Waals surface area contributed by atoms with Crippen LogP contribution in [0, 0.1) is 0 Å². The molecule has 3 rings (SSSR count). The molecule has 1 aromatic rings. The van der Waals surface area contributed by atoms with Gasteiger partial charge >= 0.3 is 6.03 Å². The van der Waals surface area contributed by atoms with E-state index >= 15 is 0 Å². The van der Waals surface area contributed by atoms with Crippen LogP contribution in [0.5, 0.6) is 5.75 Å². The first-order chi connectivity index (χ1) is 11.2. The Hall–Kier alpha value is -2.50. The second-order valence-electron chi connectivity index (χ2n) is 5.46. The van der Waals surface area contributed by atoms with Gasteiger partial charge in [0.15, 0.2) is 0 Å². The summed E-state index contributed by atoms with van der Waals surface area (Å²) >= 11 is 0. The van der Waals surface area contributed by atoms with Crippen LogP contribution in [0.3, 0.4) is 0 Å². The highest BCUT2D eigenvalue weighted by Crippen LogP contribution is 2.36. The van der Waals surface area contributed by atoms with Crippen molar-refractivity contribution in [2.24, 2.45) is 4.99 Å². The van der Waals surface area contributed by atoms with Gasteiger partial charge in [-0.3, -0.25) is 9.89 Å². The Kier molecular flexibility index (Phi) is 4.50. The number of amides is 2. The van der Waals surface area contributed by atoms with Gasteiger partial charge in [0, 0.05) is 31.9 Å². The van der Waals surface area contributed by atoms with Crippen LogP contribution in [0.1, 0.15) is 13.3 Å². The largest absolute Gasteiger partial charge is 0.490 e. The van der Waals surface area contributed by atoms with Crippen molar-refractivity contribution in [3.05, 3.63) is 30.0 Å². The summed E-state index contributed by atoms with van der Waals surface area (Å²) in [6.07, 6.45) is 4.98. The fraction of sp³-hybridized carbons (Fsp3) is 0.412. The molecule has 1 N–H and O–H groups in total. The summed E-state index contributed by atoms with van der Waals surface area (Å²) in [6, 6.07) is 5.77. The van der Waals surface area contributed by atoms with Crippen molar-refractivity contribution in [2.75, 3.05) is 43.1 Å². The van der Waals surface area contributed by atoms with E-state index in [-0.39, 0.29) is 6.03 Å². The third kappa shape index (κ3) is 3.16. The smallest absolute Gasteiger partial charge is 0.321 e. The second kappa shape index (κ2) is 6.73. The minimum atomic E-state index is -0.112. The van der Waals surface area contributed by atoms with Crippen LogP contribution in [0.2, 0.25) is 0 Å². The molecule has 0 atom stereocenters. The summed E-state index contributed by atoms with van der Waals surface area (Å²) in [6.45, 7) is 4.81. The maximum absolute atomic E-state index is 12.0. The zero-order valence-electron chi connectivity index (χ0n) is 13.6. The van der Waals surface area contributed by atoms with Crippen molar-refractivity contribution >= 4 is 23.6 Å². The minimum absolute atomic E-state index is 0.112. The zero-order valence-corrected chi connectivity index (χ0v) is 13.6. The zero-order chi connectivity index (χ0) is 16.2. The molecule has 2 amide bonds. The Morgan fingerprint density at radius 2 is 2.35 bits per heavy atom. The summed E-state index contributed by atoms with van der Waals surface area (Å²) in [7, 11) is 1.64. The number of allylic oxidation sites excluding steroid dienone is 1. The summed E-state index contributed by atoms with van der Waals surface area (Å²) in [5, 5.41) is 2.68. The summed E-state index contributed by atoms with van der Waals surface area (Å²) in [4.78, 5) is 20.4. The number of urea groups is 1. The number of nitrogens with one attached hydrogen (secondary N) is 1. The number of rotatable bonds is 4. The molecule has 0 aliphatic carbocycles. The molecule has 0 saturated carbocycles. The molecule has 0 aromatic heterocycles. The molecular weight excluding hydrogens is 292 g/mol. The molecule has 2 heterocycles. The van der Waals surface area contributed by atoms with Gasteiger partial charge in [-0.2, -0.15) is 0 Å². The molecule has 122 valence electrons. The van der Waals surface area contributed by atoms with Gasteiger partial charge in [0.05, 0.1) is 24.5 Å². The number of nitrogens with zero attached hydrogens (tertiary/aromatic N) is 3. The first kappa shape index (κ1) is 15.4. The normalized spacial score (nSPS) is 15.7. The highest BCUT2D eigenvalue weighted by molar-refractivity contribution is 5.92. The molecule has 6 nitrogen and oxygen atoms in total. The number of ether oxygens (including phenoxy) is 1. The fourth-order valence-corrected chi connectivity index (χ4v) is 2.88. The average molecular weight is 314 g/mol. The van der Waals surface area contributed by atoms with E-state index in [0.29, 0.717) is 13.2 Å². The predicted molar refractivity (Wildman–Crippen MR) is 92.8 cm³/mol. The van der Waals surface area contributed by atoms with Gasteiger partial charge in [-0.1, -0.05) is 6.08 Å². The molecule has 0 saturated heterocycles. The van der Waals surface area contributed by atoms with Crippen LogP contribution >= 0.6 is 0 Å². The van der Waals surface area contributed by atoms with Crippen LogP contribution in [0.25, 0.3) is 0 Å². The highest BCUT2D eigenvalue weighted by atomic mass is 16.5. The van der Waals surface area contributed by atoms with Crippen molar-refractivity contribution < 1.29 is 9.53 Å². The lowest BCUT2D eigenvalue weighted by Crippen LogP contribution is -2.38. The van der Waals surface area contributed by atoms with Crippen LogP contribution < -0.4 is 19.9 Å². The standard InChI is InChI=1S/C17H22N4O2/c1-3-21(17(22)18-2)14-6-7-16-15(11-14)20(9-10-23-16)12-13-5-4-8-19-13/h5-8,11H,3-4,9-10,12H2,1-2H3,(H,18,22). The van der Waals surface area contributed by atoms with Gasteiger partial charge in [0.2, 0.25) is 0 Å². The van der Waals surface area contributed by atoms with E-state index < -0.39 is 0 Å². The molecule has 0 spiro atoms. The number of hydrogen-bond acceptors (Lipinski definition) is 4. The third-order valence-corrected chi connectivity index (χ3v) is 4.06. The monoisotopic (exact) mass is 314 g/mol. The van der Waals surface area contributed by atoms with E-state index in [9.17, 15) is 4.79 Å².